The Balaban J connectivity index is 1.14. The zero-order valence-corrected chi connectivity index (χ0v) is 18.6. The third-order valence-corrected chi connectivity index (χ3v) is 8.25. The fourth-order valence-electron chi connectivity index (χ4n) is 5.14. The van der Waals surface area contributed by atoms with Crippen LogP contribution >= 0.6 is 0 Å². The van der Waals surface area contributed by atoms with Gasteiger partial charge in [-0.05, 0) is 37.8 Å². The van der Waals surface area contributed by atoms with E-state index < -0.39 is 10.0 Å². The number of rotatable bonds is 3. The molecule has 0 unspecified atom stereocenters. The lowest BCUT2D eigenvalue weighted by atomic mass is 9.94. The number of sulfonamides is 1. The Kier molecular flexibility index (Phi) is 5.75. The summed E-state index contributed by atoms with van der Waals surface area (Å²) in [7, 11) is -3.61. The van der Waals surface area contributed by atoms with Gasteiger partial charge in [0, 0.05) is 63.9 Å². The number of likely N-dealkylation sites (tertiary alicyclic amines) is 1. The highest BCUT2D eigenvalue weighted by atomic mass is 32.2. The number of hydrogen-bond acceptors (Lipinski definition) is 6. The van der Waals surface area contributed by atoms with Crippen LogP contribution in [0.1, 0.15) is 31.2 Å². The second-order valence-electron chi connectivity index (χ2n) is 8.91. The zero-order valence-electron chi connectivity index (χ0n) is 17.8. The Morgan fingerprint density at radius 1 is 1.03 bits per heavy atom. The number of hydrogen-bond donors (Lipinski definition) is 0. The predicted molar refractivity (Wildman–Crippen MR) is 116 cm³/mol. The fraction of sp³-hybridized carbons (Fsp3) is 0.636. The minimum absolute atomic E-state index is 0.00909. The number of piperidine rings is 1. The average molecular weight is 447 g/mol. The lowest BCUT2D eigenvalue weighted by Gasteiger charge is -2.39. The first-order valence-corrected chi connectivity index (χ1v) is 12.8. The molecule has 1 amide bonds. The summed E-state index contributed by atoms with van der Waals surface area (Å²) in [6.07, 6.45) is 4.13. The molecule has 4 heterocycles. The summed E-state index contributed by atoms with van der Waals surface area (Å²) in [5.41, 5.74) is 0.676. The first kappa shape index (κ1) is 20.9. The Hall–Kier alpha value is -1.97. The number of fused-ring (bicyclic) bond motifs is 1. The van der Waals surface area contributed by atoms with Gasteiger partial charge in [0.15, 0.2) is 5.84 Å². The molecule has 0 N–H and O–H groups in total. The van der Waals surface area contributed by atoms with Crippen LogP contribution in [0.15, 0.2) is 33.6 Å². The molecule has 5 rings (SSSR count). The molecule has 4 aliphatic rings. The van der Waals surface area contributed by atoms with Gasteiger partial charge in [-0.1, -0.05) is 12.1 Å². The van der Waals surface area contributed by atoms with Crippen LogP contribution in [0.25, 0.3) is 0 Å². The van der Waals surface area contributed by atoms with Gasteiger partial charge in [0.2, 0.25) is 5.91 Å². The van der Waals surface area contributed by atoms with E-state index in [1.807, 2.05) is 21.9 Å². The Bertz CT molecular complexity index is 957. The molecule has 3 fully saturated rings. The molecule has 1 aromatic carbocycles. The van der Waals surface area contributed by atoms with Crippen molar-refractivity contribution in [2.24, 2.45) is 10.3 Å². The molecule has 3 saturated heterocycles. The van der Waals surface area contributed by atoms with E-state index in [2.05, 4.69) is 9.30 Å². The average Bonchev–Trinajstić information content (AvgIpc) is 3.40. The molecule has 0 aromatic heterocycles. The third-order valence-electron chi connectivity index (χ3n) is 6.93. The molecule has 0 spiro atoms. The van der Waals surface area contributed by atoms with E-state index in [9.17, 15) is 13.2 Å². The van der Waals surface area contributed by atoms with E-state index in [1.54, 1.807) is 12.1 Å². The smallest absolute Gasteiger partial charge is 0.285 e. The normalized spacial score (nSPS) is 26.7. The largest absolute Gasteiger partial charge is 0.377 e. The van der Waals surface area contributed by atoms with Crippen LogP contribution < -0.4 is 0 Å². The van der Waals surface area contributed by atoms with E-state index in [1.165, 1.54) is 0 Å². The number of ether oxygens (including phenoxy) is 1. The second-order valence-corrected chi connectivity index (χ2v) is 10.5. The van der Waals surface area contributed by atoms with Gasteiger partial charge >= 0.3 is 0 Å². The van der Waals surface area contributed by atoms with Crippen molar-refractivity contribution in [3.8, 4) is 0 Å². The minimum Gasteiger partial charge on any atom is -0.377 e. The summed E-state index contributed by atoms with van der Waals surface area (Å²) in [5.74, 6) is 0.789. The van der Waals surface area contributed by atoms with Crippen LogP contribution in [0.4, 0.5) is 0 Å². The molecule has 8 nitrogen and oxygen atoms in total. The van der Waals surface area contributed by atoms with Gasteiger partial charge in [-0.2, -0.15) is 8.42 Å². The lowest BCUT2D eigenvalue weighted by Crippen LogP contribution is -2.53. The molecule has 1 aromatic rings. The van der Waals surface area contributed by atoms with E-state index in [4.69, 9.17) is 4.74 Å². The molecule has 168 valence electrons. The van der Waals surface area contributed by atoms with Crippen molar-refractivity contribution >= 4 is 21.8 Å². The van der Waals surface area contributed by atoms with Crippen molar-refractivity contribution in [1.29, 1.82) is 0 Å². The van der Waals surface area contributed by atoms with Gasteiger partial charge < -0.3 is 14.5 Å². The highest BCUT2D eigenvalue weighted by Gasteiger charge is 2.36. The first-order valence-electron chi connectivity index (χ1n) is 11.3. The van der Waals surface area contributed by atoms with E-state index >= 15 is 0 Å². The van der Waals surface area contributed by atoms with Crippen LogP contribution in [-0.4, -0.2) is 93.4 Å². The summed E-state index contributed by atoms with van der Waals surface area (Å²) < 4.78 is 34.4. The van der Waals surface area contributed by atoms with Crippen molar-refractivity contribution in [2.75, 3.05) is 52.4 Å². The van der Waals surface area contributed by atoms with Gasteiger partial charge in [0.25, 0.3) is 10.0 Å². The number of carbonyl (C=O) groups excluding carboxylic acids is 1. The van der Waals surface area contributed by atoms with Gasteiger partial charge in [0.1, 0.15) is 4.90 Å². The van der Waals surface area contributed by atoms with Crippen LogP contribution in [0, 0.1) is 5.92 Å². The highest BCUT2D eigenvalue weighted by Crippen LogP contribution is 2.30. The fourth-order valence-corrected chi connectivity index (χ4v) is 6.37. The Morgan fingerprint density at radius 2 is 1.77 bits per heavy atom. The van der Waals surface area contributed by atoms with E-state index in [0.717, 1.165) is 65.0 Å². The van der Waals surface area contributed by atoms with Crippen LogP contribution in [0.2, 0.25) is 0 Å². The summed E-state index contributed by atoms with van der Waals surface area (Å²) in [5, 5.41) is 0. The van der Waals surface area contributed by atoms with Crippen molar-refractivity contribution in [3.05, 3.63) is 29.8 Å². The van der Waals surface area contributed by atoms with Gasteiger partial charge in [-0.15, -0.1) is 4.40 Å². The second kappa shape index (κ2) is 8.52. The van der Waals surface area contributed by atoms with Crippen LogP contribution in [0.5, 0.6) is 0 Å². The standard InChI is InChI=1S/C22H30N4O4S/c27-22(26-13-11-24(12-14-26)16-18-4-3-15-30-18)17-7-9-25(10-8-17)21-19-5-1-2-6-20(19)31(28,29)23-21/h1-2,5-6,17-18H,3-4,7-16H2/t18-/m1/s1. The number of amides is 1. The third kappa shape index (κ3) is 4.23. The molecule has 1 atom stereocenters. The first-order chi connectivity index (χ1) is 15.0. The maximum absolute atomic E-state index is 13.1. The van der Waals surface area contributed by atoms with E-state index in [0.29, 0.717) is 30.6 Å². The Morgan fingerprint density at radius 3 is 2.48 bits per heavy atom. The van der Waals surface area contributed by atoms with Gasteiger partial charge in [-0.25, -0.2) is 0 Å². The zero-order chi connectivity index (χ0) is 21.4. The van der Waals surface area contributed by atoms with Gasteiger partial charge in [-0.3, -0.25) is 9.69 Å². The van der Waals surface area contributed by atoms with Crippen LogP contribution in [-0.2, 0) is 19.6 Å². The number of piperazine rings is 1. The molecular formula is C22H30N4O4S. The van der Waals surface area contributed by atoms with E-state index in [-0.39, 0.29) is 16.7 Å². The molecule has 31 heavy (non-hydrogen) atoms. The molecule has 0 saturated carbocycles. The minimum atomic E-state index is -3.61. The molecule has 0 bridgehead atoms. The molecular weight excluding hydrogens is 416 g/mol. The molecule has 0 aliphatic carbocycles. The molecule has 9 heteroatoms. The van der Waals surface area contributed by atoms with Crippen molar-refractivity contribution in [1.82, 2.24) is 14.7 Å². The number of nitrogens with zero attached hydrogens (tertiary/aromatic N) is 4. The molecule has 0 radical (unpaired) electrons. The summed E-state index contributed by atoms with van der Waals surface area (Å²) in [4.78, 5) is 19.8. The maximum atomic E-state index is 13.1. The van der Waals surface area contributed by atoms with Crippen LogP contribution in [0.3, 0.4) is 0 Å². The van der Waals surface area contributed by atoms with Crippen molar-refractivity contribution in [3.63, 3.8) is 0 Å². The van der Waals surface area contributed by atoms with Crippen molar-refractivity contribution < 1.29 is 17.9 Å². The summed E-state index contributed by atoms with van der Waals surface area (Å²) in [6, 6.07) is 6.98. The molecule has 4 aliphatic heterocycles. The summed E-state index contributed by atoms with van der Waals surface area (Å²) >= 11 is 0. The van der Waals surface area contributed by atoms with Gasteiger partial charge in [0.05, 0.1) is 6.10 Å². The number of benzene rings is 1. The maximum Gasteiger partial charge on any atom is 0.285 e. The monoisotopic (exact) mass is 446 g/mol. The summed E-state index contributed by atoms with van der Waals surface area (Å²) in [6.45, 7) is 6.55. The Labute approximate surface area is 183 Å². The highest BCUT2D eigenvalue weighted by molar-refractivity contribution is 7.90. The topological polar surface area (TPSA) is 82.5 Å². The predicted octanol–water partition coefficient (Wildman–Crippen LogP) is 1.17. The lowest BCUT2D eigenvalue weighted by molar-refractivity contribution is -0.138. The van der Waals surface area contributed by atoms with Crippen molar-refractivity contribution in [2.45, 2.75) is 36.7 Å². The SMILES string of the molecule is O=C(C1CCN(C2=NS(=O)(=O)c3ccccc32)CC1)N1CCN(C[C@H]2CCCO2)CC1. The quantitative estimate of drug-likeness (QED) is 0.693. The number of carbonyl (C=O) groups is 1. The number of amidine groups is 1.